The van der Waals surface area contributed by atoms with Crippen molar-refractivity contribution in [1.29, 1.82) is 0 Å². The third kappa shape index (κ3) is 4.18. The lowest BCUT2D eigenvalue weighted by atomic mass is 9.89. The maximum absolute atomic E-state index is 12.2. The van der Waals surface area contributed by atoms with Crippen LogP contribution in [0.2, 0.25) is 0 Å². The van der Waals surface area contributed by atoms with Crippen LogP contribution < -0.4 is 5.73 Å². The second kappa shape index (κ2) is 6.71. The van der Waals surface area contributed by atoms with Gasteiger partial charge in [-0.1, -0.05) is 19.8 Å². The molecule has 0 spiro atoms. The van der Waals surface area contributed by atoms with Crippen molar-refractivity contribution in [3.8, 4) is 0 Å². The number of rotatable bonds is 3. The highest BCUT2D eigenvalue weighted by Gasteiger charge is 2.28. The predicted octanol–water partition coefficient (Wildman–Crippen LogP) is 1.92. The van der Waals surface area contributed by atoms with Crippen LogP contribution >= 0.6 is 0 Å². The Kier molecular flexibility index (Phi) is 5.22. The fraction of sp³-hybridized carbons (Fsp3) is 0.933. The number of ether oxygens (including phenoxy) is 1. The van der Waals surface area contributed by atoms with Crippen molar-refractivity contribution in [3.05, 3.63) is 0 Å². The van der Waals surface area contributed by atoms with Gasteiger partial charge >= 0.3 is 0 Å². The van der Waals surface area contributed by atoms with E-state index in [2.05, 4.69) is 13.8 Å². The van der Waals surface area contributed by atoms with Crippen LogP contribution in [0.15, 0.2) is 0 Å². The number of hydrogen-bond donors (Lipinski definition) is 1. The van der Waals surface area contributed by atoms with E-state index in [1.165, 1.54) is 12.8 Å². The topological polar surface area (TPSA) is 55.6 Å². The van der Waals surface area contributed by atoms with Crippen LogP contribution in [0.5, 0.6) is 0 Å². The molecule has 0 radical (unpaired) electrons. The fourth-order valence-electron chi connectivity index (χ4n) is 3.38. The molecule has 0 aromatic heterocycles. The Hall–Kier alpha value is -0.610. The summed E-state index contributed by atoms with van der Waals surface area (Å²) in [6.45, 7) is 5.38. The SMILES string of the molecule is C[C@@H]1CCC[C@H](OCC(=O)N2CC[C@H](N)C[C@@H]2C)C1. The van der Waals surface area contributed by atoms with Gasteiger partial charge in [0.05, 0.1) is 6.10 Å². The highest BCUT2D eigenvalue weighted by atomic mass is 16.5. The lowest BCUT2D eigenvalue weighted by Crippen LogP contribution is -2.49. The van der Waals surface area contributed by atoms with E-state index in [4.69, 9.17) is 10.5 Å². The van der Waals surface area contributed by atoms with E-state index in [1.807, 2.05) is 4.90 Å². The molecular weight excluding hydrogens is 240 g/mol. The van der Waals surface area contributed by atoms with Crippen molar-refractivity contribution in [1.82, 2.24) is 4.90 Å². The van der Waals surface area contributed by atoms with Crippen LogP contribution in [0, 0.1) is 5.92 Å². The van der Waals surface area contributed by atoms with Crippen LogP contribution in [-0.4, -0.2) is 42.1 Å². The van der Waals surface area contributed by atoms with Gasteiger partial charge in [0.1, 0.15) is 6.61 Å². The second-order valence-corrected chi connectivity index (χ2v) is 6.43. The molecule has 1 saturated carbocycles. The molecule has 0 unspecified atom stereocenters. The maximum Gasteiger partial charge on any atom is 0.248 e. The van der Waals surface area contributed by atoms with Crippen molar-refractivity contribution < 1.29 is 9.53 Å². The summed E-state index contributed by atoms with van der Waals surface area (Å²) in [5.41, 5.74) is 5.92. The molecule has 1 amide bonds. The molecule has 4 heteroatoms. The summed E-state index contributed by atoms with van der Waals surface area (Å²) in [4.78, 5) is 14.1. The minimum Gasteiger partial charge on any atom is -0.368 e. The highest BCUT2D eigenvalue weighted by Crippen LogP contribution is 2.26. The van der Waals surface area contributed by atoms with Crippen molar-refractivity contribution in [2.24, 2.45) is 11.7 Å². The van der Waals surface area contributed by atoms with E-state index in [0.717, 1.165) is 38.1 Å². The van der Waals surface area contributed by atoms with E-state index in [-0.39, 0.29) is 30.7 Å². The van der Waals surface area contributed by atoms with Crippen molar-refractivity contribution in [3.63, 3.8) is 0 Å². The van der Waals surface area contributed by atoms with Crippen LogP contribution in [0.4, 0.5) is 0 Å². The highest BCUT2D eigenvalue weighted by molar-refractivity contribution is 5.77. The van der Waals surface area contributed by atoms with Crippen LogP contribution in [0.3, 0.4) is 0 Å². The minimum atomic E-state index is 0.137. The quantitative estimate of drug-likeness (QED) is 0.851. The van der Waals surface area contributed by atoms with Gasteiger partial charge in [-0.25, -0.2) is 0 Å². The van der Waals surface area contributed by atoms with Gasteiger partial charge in [0.15, 0.2) is 0 Å². The fourth-order valence-corrected chi connectivity index (χ4v) is 3.38. The molecule has 19 heavy (non-hydrogen) atoms. The third-order valence-corrected chi connectivity index (χ3v) is 4.57. The second-order valence-electron chi connectivity index (χ2n) is 6.43. The number of nitrogens with zero attached hydrogens (tertiary/aromatic N) is 1. The van der Waals surface area contributed by atoms with Crippen LogP contribution in [-0.2, 0) is 9.53 Å². The van der Waals surface area contributed by atoms with E-state index < -0.39 is 0 Å². The van der Waals surface area contributed by atoms with Crippen LogP contribution in [0.1, 0.15) is 52.4 Å². The minimum absolute atomic E-state index is 0.137. The maximum atomic E-state index is 12.2. The summed E-state index contributed by atoms with van der Waals surface area (Å²) < 4.78 is 5.82. The number of carbonyl (C=O) groups excluding carboxylic acids is 1. The van der Waals surface area contributed by atoms with Gasteiger partial charge in [0.2, 0.25) is 5.91 Å². The van der Waals surface area contributed by atoms with Gasteiger partial charge in [-0.15, -0.1) is 0 Å². The van der Waals surface area contributed by atoms with Gasteiger partial charge in [-0.05, 0) is 38.5 Å². The molecule has 2 fully saturated rings. The zero-order chi connectivity index (χ0) is 13.8. The zero-order valence-corrected chi connectivity index (χ0v) is 12.3. The molecule has 0 aromatic rings. The van der Waals surface area contributed by atoms with E-state index in [0.29, 0.717) is 0 Å². The molecule has 2 rings (SSSR count). The number of hydrogen-bond acceptors (Lipinski definition) is 3. The summed E-state index contributed by atoms with van der Waals surface area (Å²) in [5, 5.41) is 0. The molecule has 2 N–H and O–H groups in total. The molecule has 1 saturated heterocycles. The monoisotopic (exact) mass is 268 g/mol. The lowest BCUT2D eigenvalue weighted by Gasteiger charge is -2.37. The van der Waals surface area contributed by atoms with Crippen molar-refractivity contribution in [2.75, 3.05) is 13.2 Å². The Morgan fingerprint density at radius 2 is 2.05 bits per heavy atom. The summed E-state index contributed by atoms with van der Waals surface area (Å²) in [6.07, 6.45) is 6.85. The van der Waals surface area contributed by atoms with Gasteiger partial charge < -0.3 is 15.4 Å². The summed E-state index contributed by atoms with van der Waals surface area (Å²) in [7, 11) is 0. The van der Waals surface area contributed by atoms with Gasteiger partial charge in [0, 0.05) is 18.6 Å². The number of likely N-dealkylation sites (tertiary alicyclic amines) is 1. The average molecular weight is 268 g/mol. The number of amides is 1. The molecule has 4 atom stereocenters. The molecular formula is C15H28N2O2. The van der Waals surface area contributed by atoms with E-state index in [9.17, 15) is 4.79 Å². The normalized spacial score (nSPS) is 36.3. The predicted molar refractivity (Wildman–Crippen MR) is 75.8 cm³/mol. The van der Waals surface area contributed by atoms with Crippen LogP contribution in [0.25, 0.3) is 0 Å². The molecule has 1 aliphatic heterocycles. The molecule has 1 aliphatic carbocycles. The Morgan fingerprint density at radius 3 is 2.74 bits per heavy atom. The Labute approximate surface area is 116 Å². The summed E-state index contributed by atoms with van der Waals surface area (Å²) in [6, 6.07) is 0.504. The number of carbonyl (C=O) groups is 1. The third-order valence-electron chi connectivity index (χ3n) is 4.57. The zero-order valence-electron chi connectivity index (χ0n) is 12.3. The average Bonchev–Trinajstić information content (AvgIpc) is 2.36. The Balaban J connectivity index is 1.74. The van der Waals surface area contributed by atoms with Gasteiger partial charge in [0.25, 0.3) is 0 Å². The molecule has 4 nitrogen and oxygen atoms in total. The van der Waals surface area contributed by atoms with E-state index in [1.54, 1.807) is 0 Å². The van der Waals surface area contributed by atoms with Crippen molar-refractivity contribution in [2.45, 2.75) is 70.6 Å². The number of nitrogens with two attached hydrogens (primary N) is 1. The molecule has 2 aliphatic rings. The molecule has 1 heterocycles. The van der Waals surface area contributed by atoms with Crippen molar-refractivity contribution >= 4 is 5.91 Å². The molecule has 0 aromatic carbocycles. The van der Waals surface area contributed by atoms with E-state index >= 15 is 0 Å². The Morgan fingerprint density at radius 1 is 1.26 bits per heavy atom. The lowest BCUT2D eigenvalue weighted by molar-refractivity contribution is -0.142. The first-order chi connectivity index (χ1) is 9.06. The number of piperidine rings is 1. The first-order valence-corrected chi connectivity index (χ1v) is 7.73. The molecule has 0 bridgehead atoms. The smallest absolute Gasteiger partial charge is 0.248 e. The molecule has 110 valence electrons. The Bertz CT molecular complexity index is 309. The standard InChI is InChI=1S/C15H28N2O2/c1-11-4-3-5-14(8-11)19-10-15(18)17-7-6-13(16)9-12(17)2/h11-14H,3-10,16H2,1-2H3/t11-,12+,13+,14+/m1/s1. The van der Waals surface area contributed by atoms with Gasteiger partial charge in [-0.3, -0.25) is 4.79 Å². The summed E-state index contributed by atoms with van der Waals surface area (Å²) >= 11 is 0. The first-order valence-electron chi connectivity index (χ1n) is 7.73. The first kappa shape index (κ1) is 14.8. The van der Waals surface area contributed by atoms with Gasteiger partial charge in [-0.2, -0.15) is 0 Å². The largest absolute Gasteiger partial charge is 0.368 e. The summed E-state index contributed by atoms with van der Waals surface area (Å²) in [5.74, 6) is 0.874.